The van der Waals surface area contributed by atoms with Crippen molar-refractivity contribution in [2.75, 3.05) is 13.2 Å². The topological polar surface area (TPSA) is 21.3 Å². The van der Waals surface area contributed by atoms with E-state index in [9.17, 15) is 8.78 Å². The van der Waals surface area contributed by atoms with Crippen molar-refractivity contribution in [1.82, 2.24) is 5.32 Å². The highest BCUT2D eigenvalue weighted by molar-refractivity contribution is 5.21. The van der Waals surface area contributed by atoms with Gasteiger partial charge in [0.1, 0.15) is 11.6 Å². The maximum absolute atomic E-state index is 13.5. The summed E-state index contributed by atoms with van der Waals surface area (Å²) >= 11 is 0. The minimum atomic E-state index is -0.408. The quantitative estimate of drug-likeness (QED) is 0.892. The molecule has 1 aromatic rings. The van der Waals surface area contributed by atoms with Crippen LogP contribution < -0.4 is 5.32 Å². The molecule has 1 aliphatic heterocycles. The summed E-state index contributed by atoms with van der Waals surface area (Å²) in [6.45, 7) is 3.31. The second kappa shape index (κ2) is 6.25. The van der Waals surface area contributed by atoms with Crippen molar-refractivity contribution in [2.45, 2.75) is 38.3 Å². The van der Waals surface area contributed by atoms with E-state index in [4.69, 9.17) is 4.74 Å². The van der Waals surface area contributed by atoms with Crippen molar-refractivity contribution in [3.63, 3.8) is 0 Å². The Morgan fingerprint density at radius 3 is 2.94 bits per heavy atom. The van der Waals surface area contributed by atoms with Gasteiger partial charge in [0, 0.05) is 24.8 Å². The molecule has 0 aromatic heterocycles. The molecular formula is C14H19F2NO. The molecule has 0 saturated carbocycles. The molecule has 0 aliphatic carbocycles. The van der Waals surface area contributed by atoms with Crippen LogP contribution in [-0.4, -0.2) is 19.3 Å². The van der Waals surface area contributed by atoms with Crippen molar-refractivity contribution >= 4 is 0 Å². The first kappa shape index (κ1) is 13.4. The van der Waals surface area contributed by atoms with Gasteiger partial charge in [0.25, 0.3) is 0 Å². The van der Waals surface area contributed by atoms with E-state index in [0.29, 0.717) is 12.1 Å². The van der Waals surface area contributed by atoms with Gasteiger partial charge in [-0.05, 0) is 44.4 Å². The average Bonchev–Trinajstić information content (AvgIpc) is 2.40. The molecular weight excluding hydrogens is 236 g/mol. The smallest absolute Gasteiger partial charge is 0.128 e. The molecule has 2 atom stereocenters. The van der Waals surface area contributed by atoms with Gasteiger partial charge in [0.2, 0.25) is 0 Å². The first-order valence-electron chi connectivity index (χ1n) is 6.47. The summed E-state index contributed by atoms with van der Waals surface area (Å²) in [5, 5.41) is 3.20. The van der Waals surface area contributed by atoms with Gasteiger partial charge in [-0.25, -0.2) is 8.78 Å². The van der Waals surface area contributed by atoms with Crippen LogP contribution in [0.3, 0.4) is 0 Å². The number of halogens is 2. The predicted molar refractivity (Wildman–Crippen MR) is 66.4 cm³/mol. The van der Waals surface area contributed by atoms with Crippen LogP contribution in [0.2, 0.25) is 0 Å². The molecule has 0 radical (unpaired) electrons. The maximum Gasteiger partial charge on any atom is 0.128 e. The van der Waals surface area contributed by atoms with Crippen molar-refractivity contribution in [3.8, 4) is 0 Å². The standard InChI is InChI=1S/C14H19F2NO/c1-10(13-8-11(15)5-6-14(13)16)17-9-12-4-2-3-7-18-12/h5-6,8,10,12,17H,2-4,7,9H2,1H3. The molecule has 2 unspecified atom stereocenters. The summed E-state index contributed by atoms with van der Waals surface area (Å²) in [5.41, 5.74) is 0.366. The molecule has 1 aromatic carbocycles. The average molecular weight is 255 g/mol. The van der Waals surface area contributed by atoms with Gasteiger partial charge in [0.15, 0.2) is 0 Å². The Balaban J connectivity index is 1.90. The predicted octanol–water partition coefficient (Wildman–Crippen LogP) is 3.18. The van der Waals surface area contributed by atoms with Crippen LogP contribution in [-0.2, 0) is 4.74 Å². The van der Waals surface area contributed by atoms with Gasteiger partial charge in [-0.1, -0.05) is 0 Å². The van der Waals surface area contributed by atoms with E-state index in [1.807, 2.05) is 6.92 Å². The lowest BCUT2D eigenvalue weighted by molar-refractivity contribution is 0.0156. The monoisotopic (exact) mass is 255 g/mol. The number of hydrogen-bond donors (Lipinski definition) is 1. The highest BCUT2D eigenvalue weighted by atomic mass is 19.1. The third kappa shape index (κ3) is 3.50. The number of rotatable bonds is 4. The Labute approximate surface area is 106 Å². The molecule has 0 spiro atoms. The third-order valence-electron chi connectivity index (χ3n) is 3.35. The molecule has 0 amide bonds. The molecule has 2 nitrogen and oxygen atoms in total. The molecule has 2 rings (SSSR count). The zero-order chi connectivity index (χ0) is 13.0. The Morgan fingerprint density at radius 1 is 1.39 bits per heavy atom. The van der Waals surface area contributed by atoms with E-state index in [-0.39, 0.29) is 18.0 Å². The summed E-state index contributed by atoms with van der Waals surface area (Å²) in [7, 11) is 0. The Hall–Kier alpha value is -1.00. The molecule has 1 fully saturated rings. The normalized spacial score (nSPS) is 21.8. The third-order valence-corrected chi connectivity index (χ3v) is 3.35. The summed E-state index contributed by atoms with van der Waals surface area (Å²) in [5.74, 6) is -0.782. The number of benzene rings is 1. The summed E-state index contributed by atoms with van der Waals surface area (Å²) < 4.78 is 32.2. The zero-order valence-electron chi connectivity index (χ0n) is 10.6. The first-order chi connectivity index (χ1) is 8.66. The maximum atomic E-state index is 13.5. The van der Waals surface area contributed by atoms with Gasteiger partial charge in [-0.15, -0.1) is 0 Å². The lowest BCUT2D eigenvalue weighted by atomic mass is 10.1. The van der Waals surface area contributed by atoms with Crippen LogP contribution in [0.5, 0.6) is 0 Å². The summed E-state index contributed by atoms with van der Waals surface area (Å²) in [6.07, 6.45) is 3.52. The van der Waals surface area contributed by atoms with Crippen LogP contribution in [0.4, 0.5) is 8.78 Å². The Bertz CT molecular complexity index is 391. The molecule has 4 heteroatoms. The second-order valence-corrected chi connectivity index (χ2v) is 4.78. The second-order valence-electron chi connectivity index (χ2n) is 4.78. The van der Waals surface area contributed by atoms with Gasteiger partial charge in [-0.3, -0.25) is 0 Å². The molecule has 1 N–H and O–H groups in total. The molecule has 100 valence electrons. The van der Waals surface area contributed by atoms with Crippen molar-refractivity contribution in [2.24, 2.45) is 0 Å². The Kier molecular flexibility index (Phi) is 4.66. The fourth-order valence-corrected chi connectivity index (χ4v) is 2.23. The van der Waals surface area contributed by atoms with Crippen LogP contribution >= 0.6 is 0 Å². The minimum absolute atomic E-state index is 0.192. The lowest BCUT2D eigenvalue weighted by Gasteiger charge is -2.25. The zero-order valence-corrected chi connectivity index (χ0v) is 10.6. The number of ether oxygens (including phenoxy) is 1. The highest BCUT2D eigenvalue weighted by Gasteiger charge is 2.16. The number of hydrogen-bond acceptors (Lipinski definition) is 2. The number of nitrogens with one attached hydrogen (secondary N) is 1. The first-order valence-corrected chi connectivity index (χ1v) is 6.47. The minimum Gasteiger partial charge on any atom is -0.377 e. The van der Waals surface area contributed by atoms with E-state index < -0.39 is 5.82 Å². The van der Waals surface area contributed by atoms with Gasteiger partial charge in [-0.2, -0.15) is 0 Å². The molecule has 1 saturated heterocycles. The van der Waals surface area contributed by atoms with Crippen molar-refractivity contribution < 1.29 is 13.5 Å². The van der Waals surface area contributed by atoms with Crippen LogP contribution in [0.25, 0.3) is 0 Å². The van der Waals surface area contributed by atoms with E-state index >= 15 is 0 Å². The van der Waals surface area contributed by atoms with E-state index in [1.165, 1.54) is 18.6 Å². The van der Waals surface area contributed by atoms with Gasteiger partial charge < -0.3 is 10.1 Å². The largest absolute Gasteiger partial charge is 0.377 e. The van der Waals surface area contributed by atoms with Crippen molar-refractivity contribution in [3.05, 3.63) is 35.4 Å². The summed E-state index contributed by atoms with van der Waals surface area (Å²) in [4.78, 5) is 0. The summed E-state index contributed by atoms with van der Waals surface area (Å²) in [6, 6.07) is 3.33. The van der Waals surface area contributed by atoms with E-state index in [0.717, 1.165) is 25.5 Å². The molecule has 1 aliphatic rings. The fourth-order valence-electron chi connectivity index (χ4n) is 2.23. The van der Waals surface area contributed by atoms with Crippen molar-refractivity contribution in [1.29, 1.82) is 0 Å². The van der Waals surface area contributed by atoms with Crippen LogP contribution in [0.1, 0.15) is 37.8 Å². The highest BCUT2D eigenvalue weighted by Crippen LogP contribution is 2.19. The van der Waals surface area contributed by atoms with Crippen LogP contribution in [0, 0.1) is 11.6 Å². The lowest BCUT2D eigenvalue weighted by Crippen LogP contribution is -2.33. The van der Waals surface area contributed by atoms with Gasteiger partial charge >= 0.3 is 0 Å². The van der Waals surface area contributed by atoms with E-state index in [1.54, 1.807) is 0 Å². The van der Waals surface area contributed by atoms with E-state index in [2.05, 4.69) is 5.32 Å². The molecule has 18 heavy (non-hydrogen) atoms. The Morgan fingerprint density at radius 2 is 2.22 bits per heavy atom. The SMILES string of the molecule is CC(NCC1CCCCO1)c1cc(F)ccc1F. The fraction of sp³-hybridized carbons (Fsp3) is 0.571. The molecule has 1 heterocycles. The molecule has 0 bridgehead atoms. The van der Waals surface area contributed by atoms with Crippen LogP contribution in [0.15, 0.2) is 18.2 Å². The van der Waals surface area contributed by atoms with Gasteiger partial charge in [0.05, 0.1) is 6.10 Å².